The fourth-order valence-electron chi connectivity index (χ4n) is 1.62. The molecule has 0 bridgehead atoms. The number of aryl methyl sites for hydroxylation is 1. The summed E-state index contributed by atoms with van der Waals surface area (Å²) < 4.78 is 28.2. The van der Waals surface area contributed by atoms with E-state index >= 15 is 0 Å². The number of nitrogens with one attached hydrogen (secondary N) is 1. The van der Waals surface area contributed by atoms with Crippen molar-refractivity contribution in [1.29, 1.82) is 0 Å². The first-order valence-electron chi connectivity index (χ1n) is 4.87. The highest BCUT2D eigenvalue weighted by Crippen LogP contribution is 2.16. The highest BCUT2D eigenvalue weighted by molar-refractivity contribution is 7.71. The van der Waals surface area contributed by atoms with Crippen LogP contribution >= 0.6 is 12.2 Å². The minimum absolute atomic E-state index is 0.403. The van der Waals surface area contributed by atoms with Crippen LogP contribution in [-0.2, 0) is 6.42 Å². The second kappa shape index (κ2) is 4.17. The minimum Gasteiger partial charge on any atom is -0.337 e. The Bertz CT molecular complexity index is 551. The van der Waals surface area contributed by atoms with Crippen LogP contribution in [0.25, 0.3) is 5.69 Å². The third-order valence-electron chi connectivity index (χ3n) is 2.32. The van der Waals surface area contributed by atoms with Crippen LogP contribution in [0.5, 0.6) is 0 Å². The van der Waals surface area contributed by atoms with Gasteiger partial charge in [0.05, 0.1) is 5.69 Å². The summed E-state index contributed by atoms with van der Waals surface area (Å²) in [6, 6.07) is 3.35. The lowest BCUT2D eigenvalue weighted by Crippen LogP contribution is -2.00. The number of hydrogen-bond acceptors (Lipinski definition) is 1. The van der Waals surface area contributed by atoms with E-state index in [1.807, 2.05) is 6.92 Å². The summed E-state index contributed by atoms with van der Waals surface area (Å²) in [4.78, 5) is 2.86. The number of aromatic nitrogens is 2. The number of benzene rings is 1. The van der Waals surface area contributed by atoms with Crippen molar-refractivity contribution in [2.24, 2.45) is 0 Å². The van der Waals surface area contributed by atoms with E-state index in [2.05, 4.69) is 4.98 Å². The Kier molecular flexibility index (Phi) is 2.87. The number of hydrogen-bond donors (Lipinski definition) is 1. The molecule has 1 N–H and O–H groups in total. The van der Waals surface area contributed by atoms with Crippen molar-refractivity contribution < 1.29 is 8.78 Å². The Balaban J connectivity index is 2.66. The summed E-state index contributed by atoms with van der Waals surface area (Å²) in [6.07, 6.45) is 2.47. The van der Waals surface area contributed by atoms with Crippen molar-refractivity contribution in [2.45, 2.75) is 13.3 Å². The van der Waals surface area contributed by atoms with Gasteiger partial charge in [-0.05, 0) is 30.8 Å². The van der Waals surface area contributed by atoms with Crippen LogP contribution in [0.3, 0.4) is 0 Å². The van der Waals surface area contributed by atoms with Crippen molar-refractivity contribution >= 4 is 12.2 Å². The number of aromatic amines is 1. The van der Waals surface area contributed by atoms with Crippen LogP contribution in [-0.4, -0.2) is 9.55 Å². The molecule has 5 heteroatoms. The molecule has 0 fully saturated rings. The first kappa shape index (κ1) is 11.0. The second-order valence-electron chi connectivity index (χ2n) is 3.40. The molecule has 1 heterocycles. The lowest BCUT2D eigenvalue weighted by molar-refractivity contribution is 0.581. The van der Waals surface area contributed by atoms with E-state index in [0.717, 1.165) is 18.2 Å². The van der Waals surface area contributed by atoms with Gasteiger partial charge in [-0.2, -0.15) is 0 Å². The third-order valence-corrected chi connectivity index (χ3v) is 2.62. The highest BCUT2D eigenvalue weighted by Gasteiger charge is 2.07. The van der Waals surface area contributed by atoms with E-state index in [1.54, 1.807) is 10.8 Å². The van der Waals surface area contributed by atoms with E-state index < -0.39 is 11.6 Å². The lowest BCUT2D eigenvalue weighted by atomic mass is 10.2. The molecule has 1 aromatic carbocycles. The normalized spacial score (nSPS) is 10.7. The van der Waals surface area contributed by atoms with Crippen LogP contribution in [0.1, 0.15) is 12.6 Å². The molecule has 0 aliphatic carbocycles. The molecule has 1 aromatic heterocycles. The molecule has 0 saturated heterocycles. The fourth-order valence-corrected chi connectivity index (χ4v) is 1.90. The maximum atomic E-state index is 13.1. The summed E-state index contributed by atoms with van der Waals surface area (Å²) >= 11 is 5.07. The van der Waals surface area contributed by atoms with Crippen LogP contribution in [0.2, 0.25) is 0 Å². The first-order chi connectivity index (χ1) is 7.61. The maximum absolute atomic E-state index is 13.1. The predicted octanol–water partition coefficient (Wildman–Crippen LogP) is 3.38. The number of imidazole rings is 1. The van der Waals surface area contributed by atoms with Gasteiger partial charge >= 0.3 is 0 Å². The van der Waals surface area contributed by atoms with Gasteiger partial charge in [-0.25, -0.2) is 8.78 Å². The lowest BCUT2D eigenvalue weighted by Gasteiger charge is -2.07. The van der Waals surface area contributed by atoms with Crippen LogP contribution in [0.4, 0.5) is 8.78 Å². The number of rotatable bonds is 2. The van der Waals surface area contributed by atoms with Crippen LogP contribution < -0.4 is 0 Å². The van der Waals surface area contributed by atoms with Gasteiger partial charge in [0.25, 0.3) is 0 Å². The Morgan fingerprint density at radius 2 is 1.88 bits per heavy atom. The van der Waals surface area contributed by atoms with E-state index in [-0.39, 0.29) is 0 Å². The molecule has 0 radical (unpaired) electrons. The average Bonchev–Trinajstić information content (AvgIpc) is 2.58. The standard InChI is InChI=1S/C11H10F2N2S/c1-2-9-6-14-11(16)15(9)10-4-7(12)3-8(13)5-10/h3-6H,2H2,1H3,(H,14,16). The van der Waals surface area contributed by atoms with Gasteiger partial charge in [-0.3, -0.25) is 4.57 Å². The van der Waals surface area contributed by atoms with Crippen molar-refractivity contribution in [3.63, 3.8) is 0 Å². The van der Waals surface area contributed by atoms with E-state index in [1.165, 1.54) is 12.1 Å². The summed E-state index contributed by atoms with van der Waals surface area (Å²) in [5.74, 6) is -1.22. The molecule has 2 aromatic rings. The zero-order valence-electron chi connectivity index (χ0n) is 8.63. The summed E-state index contributed by atoms with van der Waals surface area (Å²) in [7, 11) is 0. The molecule has 84 valence electrons. The summed E-state index contributed by atoms with van der Waals surface area (Å²) in [5.41, 5.74) is 1.29. The van der Waals surface area contributed by atoms with Gasteiger partial charge in [0.2, 0.25) is 0 Å². The molecule has 2 nitrogen and oxygen atoms in total. The van der Waals surface area contributed by atoms with Crippen LogP contribution in [0, 0.1) is 16.4 Å². The monoisotopic (exact) mass is 240 g/mol. The second-order valence-corrected chi connectivity index (χ2v) is 3.79. The number of H-pyrrole nitrogens is 1. The summed E-state index contributed by atoms with van der Waals surface area (Å²) in [5, 5.41) is 0. The SMILES string of the molecule is CCc1c[nH]c(=S)n1-c1cc(F)cc(F)c1. The van der Waals surface area contributed by atoms with Crippen molar-refractivity contribution in [3.8, 4) is 5.69 Å². The Morgan fingerprint density at radius 3 is 2.44 bits per heavy atom. The number of nitrogens with zero attached hydrogens (tertiary/aromatic N) is 1. The zero-order chi connectivity index (χ0) is 11.7. The Morgan fingerprint density at radius 1 is 1.25 bits per heavy atom. The van der Waals surface area contributed by atoms with Gasteiger partial charge in [-0.1, -0.05) is 6.92 Å². The largest absolute Gasteiger partial charge is 0.337 e. The van der Waals surface area contributed by atoms with Gasteiger partial charge < -0.3 is 4.98 Å². The van der Waals surface area contributed by atoms with Crippen molar-refractivity contribution in [2.75, 3.05) is 0 Å². The molecule has 0 spiro atoms. The molecule has 0 saturated carbocycles. The molecular weight excluding hydrogens is 230 g/mol. The average molecular weight is 240 g/mol. The molecule has 0 aliphatic rings. The maximum Gasteiger partial charge on any atom is 0.182 e. The van der Waals surface area contributed by atoms with Crippen molar-refractivity contribution in [3.05, 3.63) is 46.5 Å². The third kappa shape index (κ3) is 1.90. The van der Waals surface area contributed by atoms with Gasteiger partial charge in [0.1, 0.15) is 11.6 Å². The molecule has 0 aliphatic heterocycles. The van der Waals surface area contributed by atoms with E-state index in [4.69, 9.17) is 12.2 Å². The topological polar surface area (TPSA) is 20.7 Å². The molecular formula is C11H10F2N2S. The van der Waals surface area contributed by atoms with E-state index in [9.17, 15) is 8.78 Å². The smallest absolute Gasteiger partial charge is 0.182 e. The minimum atomic E-state index is -0.611. The summed E-state index contributed by atoms with van der Waals surface area (Å²) in [6.45, 7) is 1.95. The Hall–Kier alpha value is -1.49. The molecule has 0 amide bonds. The van der Waals surface area contributed by atoms with Crippen LogP contribution in [0.15, 0.2) is 24.4 Å². The zero-order valence-corrected chi connectivity index (χ0v) is 9.44. The predicted molar refractivity (Wildman–Crippen MR) is 60.2 cm³/mol. The highest BCUT2D eigenvalue weighted by atomic mass is 32.1. The quantitative estimate of drug-likeness (QED) is 0.798. The molecule has 0 atom stereocenters. The number of halogens is 2. The Labute approximate surface area is 96.5 Å². The molecule has 2 rings (SSSR count). The van der Waals surface area contributed by atoms with Gasteiger partial charge in [-0.15, -0.1) is 0 Å². The van der Waals surface area contributed by atoms with Gasteiger partial charge in [0, 0.05) is 18.0 Å². The molecule has 16 heavy (non-hydrogen) atoms. The molecule has 0 unspecified atom stereocenters. The fraction of sp³-hybridized carbons (Fsp3) is 0.182. The van der Waals surface area contributed by atoms with Gasteiger partial charge in [0.15, 0.2) is 4.77 Å². The van der Waals surface area contributed by atoms with E-state index in [0.29, 0.717) is 10.5 Å². The first-order valence-corrected chi connectivity index (χ1v) is 5.28. The van der Waals surface area contributed by atoms with Crippen molar-refractivity contribution in [1.82, 2.24) is 9.55 Å².